The number of ether oxygens (including phenoxy) is 1. The second kappa shape index (κ2) is 4.72. The molecule has 1 aliphatic rings. The zero-order valence-corrected chi connectivity index (χ0v) is 9.02. The van der Waals surface area contributed by atoms with Gasteiger partial charge in [-0.2, -0.15) is 0 Å². The molecule has 0 amide bonds. The predicted octanol–water partition coefficient (Wildman–Crippen LogP) is 0.684. The maximum atomic E-state index is 9.21. The van der Waals surface area contributed by atoms with Gasteiger partial charge in [-0.3, -0.25) is 0 Å². The number of aryl methyl sites for hydroxylation is 1. The van der Waals surface area contributed by atoms with Gasteiger partial charge in [-0.25, -0.2) is 4.68 Å². The Morgan fingerprint density at radius 1 is 1.47 bits per heavy atom. The first kappa shape index (κ1) is 10.6. The van der Waals surface area contributed by atoms with Crippen LogP contribution in [0.1, 0.15) is 37.1 Å². The summed E-state index contributed by atoms with van der Waals surface area (Å²) in [6, 6.07) is 0. The summed E-state index contributed by atoms with van der Waals surface area (Å²) in [5.41, 5.74) is 1.83. The van der Waals surface area contributed by atoms with Crippen LogP contribution in [0.25, 0.3) is 0 Å². The van der Waals surface area contributed by atoms with E-state index in [0.717, 1.165) is 44.0 Å². The maximum absolute atomic E-state index is 9.21. The average Bonchev–Trinajstić information content (AvgIpc) is 2.72. The van der Waals surface area contributed by atoms with Crippen LogP contribution >= 0.6 is 0 Å². The molecule has 1 aromatic heterocycles. The summed E-state index contributed by atoms with van der Waals surface area (Å²) >= 11 is 0. The number of rotatable bonds is 3. The average molecular weight is 211 g/mol. The van der Waals surface area contributed by atoms with Gasteiger partial charge >= 0.3 is 0 Å². The molecule has 84 valence electrons. The van der Waals surface area contributed by atoms with Crippen LogP contribution in [-0.4, -0.2) is 33.3 Å². The molecule has 1 N–H and O–H groups in total. The highest BCUT2D eigenvalue weighted by Gasteiger charge is 2.23. The fourth-order valence-corrected chi connectivity index (χ4v) is 2.12. The summed E-state index contributed by atoms with van der Waals surface area (Å²) in [6.07, 6.45) is 2.00. The van der Waals surface area contributed by atoms with Gasteiger partial charge in [0.15, 0.2) is 0 Å². The molecule has 5 nitrogen and oxygen atoms in total. The Balaban J connectivity index is 2.26. The molecule has 15 heavy (non-hydrogen) atoms. The highest BCUT2D eigenvalue weighted by atomic mass is 16.5. The van der Waals surface area contributed by atoms with Crippen molar-refractivity contribution in [3.05, 3.63) is 11.4 Å². The third-order valence-corrected chi connectivity index (χ3v) is 2.90. The summed E-state index contributed by atoms with van der Waals surface area (Å²) < 4.78 is 7.22. The molecule has 1 saturated heterocycles. The Morgan fingerprint density at radius 3 is 2.80 bits per heavy atom. The number of nitrogens with zero attached hydrogens (tertiary/aromatic N) is 3. The molecule has 2 heterocycles. The maximum Gasteiger partial charge on any atom is 0.112 e. The van der Waals surface area contributed by atoms with Crippen molar-refractivity contribution in [3.63, 3.8) is 0 Å². The lowest BCUT2D eigenvalue weighted by Gasteiger charge is -2.22. The van der Waals surface area contributed by atoms with E-state index in [1.165, 1.54) is 0 Å². The van der Waals surface area contributed by atoms with E-state index in [1.54, 1.807) is 0 Å². The molecule has 0 spiro atoms. The van der Waals surface area contributed by atoms with Crippen LogP contribution < -0.4 is 0 Å². The molecule has 1 aliphatic heterocycles. The van der Waals surface area contributed by atoms with Crippen molar-refractivity contribution < 1.29 is 9.84 Å². The fraction of sp³-hybridized carbons (Fsp3) is 0.800. The lowest BCUT2D eigenvalue weighted by atomic mass is 9.95. The zero-order chi connectivity index (χ0) is 10.7. The van der Waals surface area contributed by atoms with E-state index >= 15 is 0 Å². The van der Waals surface area contributed by atoms with E-state index in [1.807, 2.05) is 11.6 Å². The molecule has 0 radical (unpaired) electrons. The molecule has 1 aromatic rings. The van der Waals surface area contributed by atoms with Crippen LogP contribution in [0.3, 0.4) is 0 Å². The van der Waals surface area contributed by atoms with Gasteiger partial charge in [-0.1, -0.05) is 5.21 Å². The normalized spacial score (nSPS) is 18.3. The Kier molecular flexibility index (Phi) is 3.33. The van der Waals surface area contributed by atoms with Crippen molar-refractivity contribution in [2.24, 2.45) is 0 Å². The number of aliphatic hydroxyl groups is 1. The molecule has 0 bridgehead atoms. The Bertz CT molecular complexity index is 297. The molecule has 0 unspecified atom stereocenters. The fourth-order valence-electron chi connectivity index (χ4n) is 2.12. The van der Waals surface area contributed by atoms with Gasteiger partial charge in [0.1, 0.15) is 5.69 Å². The zero-order valence-electron chi connectivity index (χ0n) is 9.02. The molecule has 0 aromatic carbocycles. The standard InChI is InChI=1S/C10H17N3O2/c1-2-13-10(9(7-14)11-12-13)8-3-5-15-6-4-8/h8,14H,2-7H2,1H3. The van der Waals surface area contributed by atoms with Crippen molar-refractivity contribution in [1.82, 2.24) is 15.0 Å². The molecule has 1 fully saturated rings. The first-order chi connectivity index (χ1) is 7.36. The van der Waals surface area contributed by atoms with Crippen molar-refractivity contribution >= 4 is 0 Å². The minimum absolute atomic E-state index is 0.0211. The van der Waals surface area contributed by atoms with Crippen LogP contribution in [-0.2, 0) is 17.9 Å². The van der Waals surface area contributed by atoms with Crippen molar-refractivity contribution in [2.45, 2.75) is 38.8 Å². The second-order valence-corrected chi connectivity index (χ2v) is 3.78. The van der Waals surface area contributed by atoms with E-state index in [4.69, 9.17) is 4.74 Å². The minimum atomic E-state index is -0.0211. The SMILES string of the molecule is CCn1nnc(CO)c1C1CCOCC1. The van der Waals surface area contributed by atoms with Crippen LogP contribution in [0.2, 0.25) is 0 Å². The second-order valence-electron chi connectivity index (χ2n) is 3.78. The number of hydrogen-bond acceptors (Lipinski definition) is 4. The van der Waals surface area contributed by atoms with E-state index in [2.05, 4.69) is 10.3 Å². The molecule has 2 rings (SSSR count). The summed E-state index contributed by atoms with van der Waals surface area (Å²) in [6.45, 7) is 4.42. The van der Waals surface area contributed by atoms with Crippen LogP contribution in [0.4, 0.5) is 0 Å². The van der Waals surface area contributed by atoms with Gasteiger partial charge < -0.3 is 9.84 Å². The van der Waals surface area contributed by atoms with Gasteiger partial charge in [0, 0.05) is 25.7 Å². The molecular weight excluding hydrogens is 194 g/mol. The lowest BCUT2D eigenvalue weighted by Crippen LogP contribution is -2.18. The largest absolute Gasteiger partial charge is 0.390 e. The Morgan fingerprint density at radius 2 is 2.20 bits per heavy atom. The van der Waals surface area contributed by atoms with Crippen LogP contribution in [0.15, 0.2) is 0 Å². The molecule has 0 saturated carbocycles. The molecule has 0 atom stereocenters. The third-order valence-electron chi connectivity index (χ3n) is 2.90. The molecular formula is C10H17N3O2. The third kappa shape index (κ3) is 2.03. The summed E-state index contributed by atoms with van der Waals surface area (Å²) in [4.78, 5) is 0. The van der Waals surface area contributed by atoms with Crippen molar-refractivity contribution in [3.8, 4) is 0 Å². The van der Waals surface area contributed by atoms with E-state index in [-0.39, 0.29) is 6.61 Å². The van der Waals surface area contributed by atoms with E-state index in [9.17, 15) is 5.11 Å². The lowest BCUT2D eigenvalue weighted by molar-refractivity contribution is 0.0830. The van der Waals surface area contributed by atoms with Crippen LogP contribution in [0.5, 0.6) is 0 Å². The Hall–Kier alpha value is -0.940. The Labute approximate surface area is 89.0 Å². The topological polar surface area (TPSA) is 60.2 Å². The highest BCUT2D eigenvalue weighted by molar-refractivity contribution is 5.15. The van der Waals surface area contributed by atoms with E-state index in [0.29, 0.717) is 5.92 Å². The monoisotopic (exact) mass is 211 g/mol. The van der Waals surface area contributed by atoms with Crippen LogP contribution in [0, 0.1) is 0 Å². The highest BCUT2D eigenvalue weighted by Crippen LogP contribution is 2.28. The van der Waals surface area contributed by atoms with Crippen molar-refractivity contribution in [2.75, 3.05) is 13.2 Å². The number of aliphatic hydroxyl groups excluding tert-OH is 1. The summed E-state index contributed by atoms with van der Waals surface area (Å²) in [5.74, 6) is 0.441. The summed E-state index contributed by atoms with van der Waals surface area (Å²) in [5, 5.41) is 17.3. The number of hydrogen-bond donors (Lipinski definition) is 1. The molecule has 5 heteroatoms. The summed E-state index contributed by atoms with van der Waals surface area (Å²) in [7, 11) is 0. The van der Waals surface area contributed by atoms with Gasteiger partial charge in [0.25, 0.3) is 0 Å². The minimum Gasteiger partial charge on any atom is -0.390 e. The predicted molar refractivity (Wildman–Crippen MR) is 54.4 cm³/mol. The first-order valence-electron chi connectivity index (χ1n) is 5.47. The quantitative estimate of drug-likeness (QED) is 0.799. The van der Waals surface area contributed by atoms with Gasteiger partial charge in [-0.05, 0) is 19.8 Å². The van der Waals surface area contributed by atoms with Gasteiger partial charge in [0.2, 0.25) is 0 Å². The number of aromatic nitrogens is 3. The van der Waals surface area contributed by atoms with Crippen molar-refractivity contribution in [1.29, 1.82) is 0 Å². The van der Waals surface area contributed by atoms with Gasteiger partial charge in [-0.15, -0.1) is 5.10 Å². The smallest absolute Gasteiger partial charge is 0.112 e. The van der Waals surface area contributed by atoms with E-state index < -0.39 is 0 Å². The molecule has 0 aliphatic carbocycles. The first-order valence-corrected chi connectivity index (χ1v) is 5.47. The van der Waals surface area contributed by atoms with Gasteiger partial charge in [0.05, 0.1) is 12.3 Å².